The lowest BCUT2D eigenvalue weighted by atomic mass is 10.1. The Labute approximate surface area is 107 Å². The van der Waals surface area contributed by atoms with Crippen molar-refractivity contribution in [1.29, 1.82) is 0 Å². The van der Waals surface area contributed by atoms with Gasteiger partial charge in [0.15, 0.2) is 0 Å². The minimum absolute atomic E-state index is 0.0336. The summed E-state index contributed by atoms with van der Waals surface area (Å²) >= 11 is 0. The summed E-state index contributed by atoms with van der Waals surface area (Å²) in [4.78, 5) is 13.9. The highest BCUT2D eigenvalue weighted by atomic mass is 16.5. The van der Waals surface area contributed by atoms with Crippen molar-refractivity contribution in [2.75, 3.05) is 26.3 Å². The molecule has 1 aromatic carbocycles. The predicted octanol–water partition coefficient (Wildman–Crippen LogP) is 0.757. The van der Waals surface area contributed by atoms with Gasteiger partial charge in [0.25, 0.3) is 0 Å². The summed E-state index contributed by atoms with van der Waals surface area (Å²) in [6.45, 7) is 3.58. The molecule has 1 aromatic rings. The van der Waals surface area contributed by atoms with E-state index in [0.29, 0.717) is 26.1 Å². The first kappa shape index (κ1) is 13.1. The molecule has 1 amide bonds. The second-order valence-corrected chi connectivity index (χ2v) is 4.62. The van der Waals surface area contributed by atoms with Crippen LogP contribution in [-0.2, 0) is 16.0 Å². The molecule has 1 unspecified atom stereocenters. The number of carbonyl (C=O) groups excluding carboxylic acids is 1. The summed E-state index contributed by atoms with van der Waals surface area (Å²) in [6, 6.07) is 7.92. The first-order valence-electron chi connectivity index (χ1n) is 6.25. The van der Waals surface area contributed by atoms with Crippen LogP contribution < -0.4 is 0 Å². The van der Waals surface area contributed by atoms with Gasteiger partial charge in [-0.1, -0.05) is 24.3 Å². The maximum Gasteiger partial charge on any atom is 0.227 e. The second-order valence-electron chi connectivity index (χ2n) is 4.62. The largest absolute Gasteiger partial charge is 0.394 e. The summed E-state index contributed by atoms with van der Waals surface area (Å²) in [7, 11) is 0. The highest BCUT2D eigenvalue weighted by Crippen LogP contribution is 2.11. The summed E-state index contributed by atoms with van der Waals surface area (Å²) < 4.78 is 5.34. The van der Waals surface area contributed by atoms with E-state index in [1.165, 1.54) is 0 Å². The van der Waals surface area contributed by atoms with Crippen molar-refractivity contribution in [3.05, 3.63) is 35.4 Å². The molecule has 98 valence electrons. The van der Waals surface area contributed by atoms with E-state index in [1.54, 1.807) is 4.90 Å². The molecule has 0 aromatic heterocycles. The van der Waals surface area contributed by atoms with Crippen LogP contribution in [0.1, 0.15) is 11.1 Å². The van der Waals surface area contributed by atoms with Crippen LogP contribution in [0, 0.1) is 6.92 Å². The zero-order valence-electron chi connectivity index (χ0n) is 10.6. The summed E-state index contributed by atoms with van der Waals surface area (Å²) in [5.41, 5.74) is 2.20. The van der Waals surface area contributed by atoms with Gasteiger partial charge in [0.1, 0.15) is 0 Å². The summed E-state index contributed by atoms with van der Waals surface area (Å²) in [5, 5.41) is 9.06. The van der Waals surface area contributed by atoms with Crippen molar-refractivity contribution in [1.82, 2.24) is 4.90 Å². The number of rotatable bonds is 3. The van der Waals surface area contributed by atoms with Crippen LogP contribution in [0.3, 0.4) is 0 Å². The number of morpholine rings is 1. The molecule has 0 aliphatic carbocycles. The molecule has 4 heteroatoms. The molecule has 1 aliphatic heterocycles. The lowest BCUT2D eigenvalue weighted by Crippen LogP contribution is -2.47. The van der Waals surface area contributed by atoms with Crippen LogP contribution in [0.5, 0.6) is 0 Å². The molecule has 4 nitrogen and oxygen atoms in total. The van der Waals surface area contributed by atoms with Crippen LogP contribution in [0.2, 0.25) is 0 Å². The average molecular weight is 249 g/mol. The Morgan fingerprint density at radius 2 is 2.28 bits per heavy atom. The normalized spacial score (nSPS) is 19.9. The molecule has 18 heavy (non-hydrogen) atoms. The van der Waals surface area contributed by atoms with Crippen LogP contribution in [0.4, 0.5) is 0 Å². The molecular formula is C14H19NO3. The van der Waals surface area contributed by atoms with Gasteiger partial charge in [-0.15, -0.1) is 0 Å². The van der Waals surface area contributed by atoms with Gasteiger partial charge < -0.3 is 14.7 Å². The first-order valence-corrected chi connectivity index (χ1v) is 6.25. The van der Waals surface area contributed by atoms with Crippen molar-refractivity contribution < 1.29 is 14.6 Å². The zero-order valence-corrected chi connectivity index (χ0v) is 10.6. The van der Waals surface area contributed by atoms with E-state index in [2.05, 4.69) is 0 Å². The third-order valence-corrected chi connectivity index (χ3v) is 3.30. The number of carbonyl (C=O) groups is 1. The van der Waals surface area contributed by atoms with Gasteiger partial charge in [0.05, 0.1) is 25.7 Å². The molecule has 1 heterocycles. The monoisotopic (exact) mass is 249 g/mol. The second kappa shape index (κ2) is 5.98. The third-order valence-electron chi connectivity index (χ3n) is 3.30. The number of amides is 1. The number of ether oxygens (including phenoxy) is 1. The molecule has 1 N–H and O–H groups in total. The standard InChI is InChI=1S/C14H19NO3/c1-11-4-2-3-5-12(11)8-14(17)15-6-7-18-13(9-15)10-16/h2-5,13,16H,6-10H2,1H3. The molecule has 1 aliphatic rings. The maximum absolute atomic E-state index is 12.2. The van der Waals surface area contributed by atoms with E-state index in [4.69, 9.17) is 9.84 Å². The van der Waals surface area contributed by atoms with Crippen LogP contribution in [-0.4, -0.2) is 48.3 Å². The summed E-state index contributed by atoms with van der Waals surface area (Å²) in [5.74, 6) is 0.103. The fraction of sp³-hybridized carbons (Fsp3) is 0.500. The van der Waals surface area contributed by atoms with E-state index in [-0.39, 0.29) is 18.6 Å². The Kier molecular flexibility index (Phi) is 4.33. The predicted molar refractivity (Wildman–Crippen MR) is 68.3 cm³/mol. The van der Waals surface area contributed by atoms with Crippen molar-refractivity contribution in [2.45, 2.75) is 19.4 Å². The van der Waals surface area contributed by atoms with Crippen molar-refractivity contribution in [2.24, 2.45) is 0 Å². The van der Waals surface area contributed by atoms with E-state index >= 15 is 0 Å². The molecule has 0 radical (unpaired) electrons. The number of hydrogen-bond acceptors (Lipinski definition) is 3. The Balaban J connectivity index is 1.97. The molecule has 0 spiro atoms. The van der Waals surface area contributed by atoms with Crippen LogP contribution in [0.15, 0.2) is 24.3 Å². The molecule has 2 rings (SSSR count). The number of benzene rings is 1. The highest BCUT2D eigenvalue weighted by Gasteiger charge is 2.23. The van der Waals surface area contributed by atoms with Gasteiger partial charge in [-0.05, 0) is 18.1 Å². The van der Waals surface area contributed by atoms with E-state index in [0.717, 1.165) is 11.1 Å². The Bertz CT molecular complexity index is 419. The minimum Gasteiger partial charge on any atom is -0.394 e. The first-order chi connectivity index (χ1) is 8.70. The van der Waals surface area contributed by atoms with E-state index in [1.807, 2.05) is 31.2 Å². The van der Waals surface area contributed by atoms with E-state index in [9.17, 15) is 4.79 Å². The Hall–Kier alpha value is -1.39. The van der Waals surface area contributed by atoms with Crippen molar-refractivity contribution in [3.63, 3.8) is 0 Å². The quantitative estimate of drug-likeness (QED) is 0.860. The van der Waals surface area contributed by atoms with Gasteiger partial charge >= 0.3 is 0 Å². The Morgan fingerprint density at radius 3 is 3.00 bits per heavy atom. The maximum atomic E-state index is 12.2. The third kappa shape index (κ3) is 3.09. The number of aliphatic hydroxyl groups excluding tert-OH is 1. The topological polar surface area (TPSA) is 49.8 Å². The van der Waals surface area contributed by atoms with Gasteiger partial charge in [0.2, 0.25) is 5.91 Å². The highest BCUT2D eigenvalue weighted by molar-refractivity contribution is 5.79. The van der Waals surface area contributed by atoms with E-state index < -0.39 is 0 Å². The molecule has 1 fully saturated rings. The molecule has 0 bridgehead atoms. The van der Waals surface area contributed by atoms with Crippen molar-refractivity contribution in [3.8, 4) is 0 Å². The Morgan fingerprint density at radius 1 is 1.50 bits per heavy atom. The summed E-state index contributed by atoms with van der Waals surface area (Å²) in [6.07, 6.45) is 0.185. The molecule has 1 saturated heterocycles. The fourth-order valence-corrected chi connectivity index (χ4v) is 2.14. The smallest absolute Gasteiger partial charge is 0.227 e. The SMILES string of the molecule is Cc1ccccc1CC(=O)N1CCOC(CO)C1. The van der Waals surface area contributed by atoms with Crippen molar-refractivity contribution >= 4 is 5.91 Å². The lowest BCUT2D eigenvalue weighted by Gasteiger charge is -2.32. The molecule has 0 saturated carbocycles. The van der Waals surface area contributed by atoms with Gasteiger partial charge in [-0.3, -0.25) is 4.79 Å². The number of nitrogens with zero attached hydrogens (tertiary/aromatic N) is 1. The average Bonchev–Trinajstić information content (AvgIpc) is 2.41. The lowest BCUT2D eigenvalue weighted by molar-refractivity contribution is -0.139. The van der Waals surface area contributed by atoms with Crippen LogP contribution >= 0.6 is 0 Å². The number of hydrogen-bond donors (Lipinski definition) is 1. The minimum atomic E-state index is -0.237. The fourth-order valence-electron chi connectivity index (χ4n) is 2.14. The zero-order chi connectivity index (χ0) is 13.0. The van der Waals surface area contributed by atoms with Crippen LogP contribution in [0.25, 0.3) is 0 Å². The molecule has 1 atom stereocenters. The number of aryl methyl sites for hydroxylation is 1. The van der Waals surface area contributed by atoms with Gasteiger partial charge in [-0.2, -0.15) is 0 Å². The van der Waals surface area contributed by atoms with Gasteiger partial charge in [0, 0.05) is 13.1 Å². The number of aliphatic hydroxyl groups is 1. The van der Waals surface area contributed by atoms with Gasteiger partial charge in [-0.25, -0.2) is 0 Å². The molecular weight excluding hydrogens is 230 g/mol.